The van der Waals surface area contributed by atoms with Crippen LogP contribution in [0.15, 0.2) is 29.2 Å². The van der Waals surface area contributed by atoms with E-state index in [-0.39, 0.29) is 12.2 Å². The van der Waals surface area contributed by atoms with Crippen molar-refractivity contribution in [2.45, 2.75) is 11.3 Å². The molecule has 0 spiro atoms. The largest absolute Gasteiger partial charge is 0.289 e. The quantitative estimate of drug-likeness (QED) is 0.457. The Hall–Kier alpha value is -1.07. The molecule has 0 aliphatic heterocycles. The van der Waals surface area contributed by atoms with Gasteiger partial charge in [-0.3, -0.25) is 10.0 Å². The predicted octanol–water partition coefficient (Wildman–Crippen LogP) is 1.81. The second-order valence-electron chi connectivity index (χ2n) is 2.59. The molecule has 3 nitrogen and oxygen atoms in total. The van der Waals surface area contributed by atoms with Gasteiger partial charge in [-0.2, -0.15) is 0 Å². The third-order valence-corrected chi connectivity index (χ3v) is 2.55. The third-order valence-electron chi connectivity index (χ3n) is 1.54. The van der Waals surface area contributed by atoms with Gasteiger partial charge in [-0.05, 0) is 24.3 Å². The van der Waals surface area contributed by atoms with Gasteiger partial charge in [0.25, 0.3) is 0 Å². The van der Waals surface area contributed by atoms with Crippen molar-refractivity contribution in [1.82, 2.24) is 5.48 Å². The molecule has 1 rings (SSSR count). The van der Waals surface area contributed by atoms with E-state index in [2.05, 4.69) is 0 Å². The molecule has 14 heavy (non-hydrogen) atoms. The SMILES string of the molecule is O=C(CCSc1ccc(F)cc1)NO. The topological polar surface area (TPSA) is 49.3 Å². The Balaban J connectivity index is 2.31. The molecular formula is C9H10FNO2S. The van der Waals surface area contributed by atoms with E-state index in [1.54, 1.807) is 17.6 Å². The summed E-state index contributed by atoms with van der Waals surface area (Å²) in [5.41, 5.74) is 1.55. The number of benzene rings is 1. The van der Waals surface area contributed by atoms with Crippen molar-refractivity contribution in [2.75, 3.05) is 5.75 Å². The van der Waals surface area contributed by atoms with Crippen LogP contribution in [-0.2, 0) is 4.79 Å². The van der Waals surface area contributed by atoms with Gasteiger partial charge in [0, 0.05) is 17.1 Å². The molecule has 0 atom stereocenters. The Morgan fingerprint density at radius 3 is 2.64 bits per heavy atom. The predicted molar refractivity (Wildman–Crippen MR) is 51.7 cm³/mol. The first-order valence-electron chi connectivity index (χ1n) is 4.03. The highest BCUT2D eigenvalue weighted by atomic mass is 32.2. The second kappa shape index (κ2) is 5.62. The van der Waals surface area contributed by atoms with Crippen LogP contribution in [0.5, 0.6) is 0 Å². The van der Waals surface area contributed by atoms with Crippen LogP contribution in [0.2, 0.25) is 0 Å². The lowest BCUT2D eigenvalue weighted by atomic mass is 10.4. The lowest BCUT2D eigenvalue weighted by Crippen LogP contribution is -2.18. The van der Waals surface area contributed by atoms with E-state index in [1.165, 1.54) is 23.9 Å². The minimum Gasteiger partial charge on any atom is -0.289 e. The van der Waals surface area contributed by atoms with Crippen molar-refractivity contribution in [2.24, 2.45) is 0 Å². The van der Waals surface area contributed by atoms with E-state index in [0.717, 1.165) is 4.90 Å². The van der Waals surface area contributed by atoms with E-state index in [4.69, 9.17) is 5.21 Å². The number of thioether (sulfide) groups is 1. The fraction of sp³-hybridized carbons (Fsp3) is 0.222. The fourth-order valence-corrected chi connectivity index (χ4v) is 1.70. The number of nitrogens with one attached hydrogen (secondary N) is 1. The van der Waals surface area contributed by atoms with Crippen LogP contribution in [0.4, 0.5) is 4.39 Å². The Kier molecular flexibility index (Phi) is 4.42. The summed E-state index contributed by atoms with van der Waals surface area (Å²) in [6.07, 6.45) is 0.235. The van der Waals surface area contributed by atoms with Crippen molar-refractivity contribution in [3.05, 3.63) is 30.1 Å². The Labute approximate surface area is 85.3 Å². The Bertz CT molecular complexity index is 302. The zero-order valence-electron chi connectivity index (χ0n) is 7.37. The molecule has 0 saturated heterocycles. The summed E-state index contributed by atoms with van der Waals surface area (Å²) in [6.45, 7) is 0. The minimum absolute atomic E-state index is 0.235. The molecule has 0 bridgehead atoms. The van der Waals surface area contributed by atoms with Gasteiger partial charge in [0.1, 0.15) is 5.82 Å². The lowest BCUT2D eigenvalue weighted by Gasteiger charge is -2.00. The molecule has 0 fully saturated rings. The van der Waals surface area contributed by atoms with Crippen LogP contribution in [0.3, 0.4) is 0 Å². The monoisotopic (exact) mass is 215 g/mol. The van der Waals surface area contributed by atoms with Gasteiger partial charge in [-0.25, -0.2) is 9.87 Å². The molecule has 0 saturated carbocycles. The maximum atomic E-state index is 12.5. The highest BCUT2D eigenvalue weighted by molar-refractivity contribution is 7.99. The molecule has 0 aliphatic rings. The number of halogens is 1. The van der Waals surface area contributed by atoms with E-state index in [0.29, 0.717) is 5.75 Å². The van der Waals surface area contributed by atoms with Crippen molar-refractivity contribution < 1.29 is 14.4 Å². The van der Waals surface area contributed by atoms with Crippen LogP contribution in [0, 0.1) is 5.82 Å². The molecule has 0 heterocycles. The second-order valence-corrected chi connectivity index (χ2v) is 3.76. The summed E-state index contributed by atoms with van der Waals surface area (Å²) in [6, 6.07) is 6.04. The number of carbonyl (C=O) groups excluding carboxylic acids is 1. The summed E-state index contributed by atoms with van der Waals surface area (Å²) in [5, 5.41) is 8.21. The van der Waals surface area contributed by atoms with Crippen molar-refractivity contribution in [3.63, 3.8) is 0 Å². The van der Waals surface area contributed by atoms with Gasteiger partial charge in [-0.15, -0.1) is 11.8 Å². The van der Waals surface area contributed by atoms with E-state index < -0.39 is 5.91 Å². The summed E-state index contributed by atoms with van der Waals surface area (Å²) in [5.74, 6) is -0.139. The molecule has 5 heteroatoms. The molecule has 1 aromatic carbocycles. The Morgan fingerprint density at radius 2 is 2.07 bits per heavy atom. The fourth-order valence-electron chi connectivity index (χ4n) is 0.848. The van der Waals surface area contributed by atoms with E-state index in [1.807, 2.05) is 0 Å². The van der Waals surface area contributed by atoms with Gasteiger partial charge in [0.2, 0.25) is 5.91 Å². The van der Waals surface area contributed by atoms with Crippen molar-refractivity contribution in [1.29, 1.82) is 0 Å². The molecule has 0 aromatic heterocycles. The summed E-state index contributed by atoms with van der Waals surface area (Å²) < 4.78 is 12.5. The zero-order valence-corrected chi connectivity index (χ0v) is 8.18. The first kappa shape index (κ1) is 11.0. The zero-order chi connectivity index (χ0) is 10.4. The first-order chi connectivity index (χ1) is 6.72. The van der Waals surface area contributed by atoms with Gasteiger partial charge >= 0.3 is 0 Å². The normalized spacial score (nSPS) is 9.86. The molecule has 0 unspecified atom stereocenters. The highest BCUT2D eigenvalue weighted by Crippen LogP contribution is 2.18. The number of carbonyl (C=O) groups is 1. The van der Waals surface area contributed by atoms with Crippen LogP contribution in [-0.4, -0.2) is 16.9 Å². The summed E-state index contributed by atoms with van der Waals surface area (Å²) in [7, 11) is 0. The molecule has 0 aliphatic carbocycles. The Morgan fingerprint density at radius 1 is 1.43 bits per heavy atom. The summed E-state index contributed by atoms with van der Waals surface area (Å²) in [4.78, 5) is 11.5. The minimum atomic E-state index is -0.417. The van der Waals surface area contributed by atoms with Crippen LogP contribution in [0.25, 0.3) is 0 Å². The smallest absolute Gasteiger partial charge is 0.244 e. The number of rotatable bonds is 4. The molecule has 0 radical (unpaired) electrons. The number of hydroxylamine groups is 1. The molecule has 1 amide bonds. The average Bonchev–Trinajstić information content (AvgIpc) is 2.21. The molecule has 76 valence electrons. The standard InChI is InChI=1S/C9H10FNO2S/c10-7-1-3-8(4-2-7)14-6-5-9(12)11-13/h1-4,13H,5-6H2,(H,11,12). The van der Waals surface area contributed by atoms with Crippen molar-refractivity contribution in [3.8, 4) is 0 Å². The maximum absolute atomic E-state index is 12.5. The van der Waals surface area contributed by atoms with Crippen molar-refractivity contribution >= 4 is 17.7 Å². The molecule has 1 aromatic rings. The lowest BCUT2D eigenvalue weighted by molar-refractivity contribution is -0.128. The van der Waals surface area contributed by atoms with Crippen LogP contribution >= 0.6 is 11.8 Å². The third kappa shape index (κ3) is 3.76. The summed E-state index contributed by atoms with van der Waals surface area (Å²) >= 11 is 1.43. The van der Waals surface area contributed by atoms with E-state index in [9.17, 15) is 9.18 Å². The molecular weight excluding hydrogens is 205 g/mol. The first-order valence-corrected chi connectivity index (χ1v) is 5.02. The van der Waals surface area contributed by atoms with Gasteiger partial charge in [0.15, 0.2) is 0 Å². The number of hydrogen-bond donors (Lipinski definition) is 2. The highest BCUT2D eigenvalue weighted by Gasteiger charge is 1.99. The van der Waals surface area contributed by atoms with Crippen LogP contribution < -0.4 is 5.48 Å². The number of hydrogen-bond acceptors (Lipinski definition) is 3. The van der Waals surface area contributed by atoms with Gasteiger partial charge in [-0.1, -0.05) is 0 Å². The van der Waals surface area contributed by atoms with Crippen LogP contribution in [0.1, 0.15) is 6.42 Å². The molecule has 2 N–H and O–H groups in total. The van der Waals surface area contributed by atoms with Gasteiger partial charge in [0.05, 0.1) is 0 Å². The van der Waals surface area contributed by atoms with E-state index >= 15 is 0 Å². The number of amides is 1. The average molecular weight is 215 g/mol. The van der Waals surface area contributed by atoms with Gasteiger partial charge < -0.3 is 0 Å². The maximum Gasteiger partial charge on any atom is 0.244 e.